The van der Waals surface area contributed by atoms with Crippen LogP contribution in [0.4, 0.5) is 5.69 Å². The van der Waals surface area contributed by atoms with E-state index in [0.717, 1.165) is 11.3 Å². The Morgan fingerprint density at radius 2 is 1.82 bits per heavy atom. The number of aromatic nitrogens is 2. The van der Waals surface area contributed by atoms with Crippen LogP contribution in [-0.2, 0) is 11.8 Å². The fraction of sp³-hybridized carbons (Fsp3) is 0.353. The number of hydrogen-bond donors (Lipinski definition) is 0. The molecule has 5 nitrogen and oxygen atoms in total. The molecule has 1 amide bonds. The number of anilines is 1. The van der Waals surface area contributed by atoms with Crippen molar-refractivity contribution in [2.45, 2.75) is 27.7 Å². The van der Waals surface area contributed by atoms with E-state index in [9.17, 15) is 9.59 Å². The minimum Gasteiger partial charge on any atom is -0.306 e. The second-order valence-electron chi connectivity index (χ2n) is 5.33. The van der Waals surface area contributed by atoms with E-state index in [1.807, 2.05) is 38.1 Å². The average molecular weight is 299 g/mol. The molecule has 2 rings (SSSR count). The van der Waals surface area contributed by atoms with Gasteiger partial charge in [0.15, 0.2) is 0 Å². The Labute approximate surface area is 130 Å². The van der Waals surface area contributed by atoms with Crippen LogP contribution in [0.25, 0.3) is 0 Å². The number of para-hydroxylation sites is 1. The van der Waals surface area contributed by atoms with Crippen LogP contribution in [0.1, 0.15) is 34.2 Å². The number of hydrogen-bond acceptors (Lipinski definition) is 3. The summed E-state index contributed by atoms with van der Waals surface area (Å²) in [5.41, 5.74) is 3.42. The molecule has 0 atom stereocenters. The largest absolute Gasteiger partial charge is 0.306 e. The standard InChI is InChI=1S/C17H21N3O2/c1-6-20(14-10-8-7-9-11(14)2)17(22)16(21)15-12(3)18-19(5)13(15)4/h7-10H,6H2,1-5H3. The minimum atomic E-state index is -0.518. The summed E-state index contributed by atoms with van der Waals surface area (Å²) in [6.07, 6.45) is 0. The molecule has 2 aromatic rings. The molecule has 0 radical (unpaired) electrons. The molecule has 0 saturated carbocycles. The van der Waals surface area contributed by atoms with Gasteiger partial charge in [0.05, 0.1) is 11.3 Å². The Balaban J connectivity index is 2.41. The van der Waals surface area contributed by atoms with Gasteiger partial charge in [0.2, 0.25) is 0 Å². The number of Topliss-reactive ketones (excluding diaryl/α,β-unsaturated/α-hetero) is 1. The van der Waals surface area contributed by atoms with Crippen LogP contribution in [0.2, 0.25) is 0 Å². The normalized spacial score (nSPS) is 10.6. The van der Waals surface area contributed by atoms with Crippen molar-refractivity contribution in [1.29, 1.82) is 0 Å². The highest BCUT2D eigenvalue weighted by Crippen LogP contribution is 2.21. The smallest absolute Gasteiger partial charge is 0.299 e. The van der Waals surface area contributed by atoms with E-state index < -0.39 is 11.7 Å². The predicted molar refractivity (Wildman–Crippen MR) is 86.2 cm³/mol. The average Bonchev–Trinajstić information content (AvgIpc) is 2.74. The topological polar surface area (TPSA) is 55.2 Å². The van der Waals surface area contributed by atoms with Gasteiger partial charge >= 0.3 is 0 Å². The minimum absolute atomic E-state index is 0.402. The first-order valence-electron chi connectivity index (χ1n) is 7.30. The SMILES string of the molecule is CCN(C(=O)C(=O)c1c(C)nn(C)c1C)c1ccccc1C. The van der Waals surface area contributed by atoms with Crippen molar-refractivity contribution in [1.82, 2.24) is 9.78 Å². The molecular weight excluding hydrogens is 278 g/mol. The van der Waals surface area contributed by atoms with Crippen molar-refractivity contribution in [3.63, 3.8) is 0 Å². The third kappa shape index (κ3) is 2.66. The number of carbonyl (C=O) groups excluding carboxylic acids is 2. The van der Waals surface area contributed by atoms with E-state index in [-0.39, 0.29) is 0 Å². The Kier molecular flexibility index (Phi) is 4.45. The van der Waals surface area contributed by atoms with Gasteiger partial charge in [-0.15, -0.1) is 0 Å². The lowest BCUT2D eigenvalue weighted by Crippen LogP contribution is -2.37. The number of aryl methyl sites for hydroxylation is 3. The molecule has 0 bridgehead atoms. The van der Waals surface area contributed by atoms with Gasteiger partial charge in [-0.2, -0.15) is 5.10 Å². The zero-order valence-electron chi connectivity index (χ0n) is 13.7. The summed E-state index contributed by atoms with van der Waals surface area (Å²) in [4.78, 5) is 26.8. The number of nitrogens with zero attached hydrogens (tertiary/aromatic N) is 3. The Morgan fingerprint density at radius 3 is 2.32 bits per heavy atom. The van der Waals surface area contributed by atoms with Gasteiger partial charge in [0, 0.05) is 25.0 Å². The van der Waals surface area contributed by atoms with E-state index in [1.165, 1.54) is 4.90 Å². The fourth-order valence-corrected chi connectivity index (χ4v) is 2.62. The molecule has 0 saturated heterocycles. The second kappa shape index (κ2) is 6.13. The molecule has 116 valence electrons. The molecule has 1 aromatic carbocycles. The maximum Gasteiger partial charge on any atom is 0.299 e. The molecule has 0 unspecified atom stereocenters. The monoisotopic (exact) mass is 299 g/mol. The molecule has 0 fully saturated rings. The maximum absolute atomic E-state index is 12.7. The summed E-state index contributed by atoms with van der Waals surface area (Å²) in [6, 6.07) is 7.56. The molecule has 0 N–H and O–H groups in total. The van der Waals surface area contributed by atoms with Crippen molar-refractivity contribution in [2.24, 2.45) is 7.05 Å². The lowest BCUT2D eigenvalue weighted by molar-refractivity contribution is -0.114. The highest BCUT2D eigenvalue weighted by molar-refractivity contribution is 6.47. The summed E-state index contributed by atoms with van der Waals surface area (Å²) in [7, 11) is 1.77. The number of rotatable bonds is 4. The Hall–Kier alpha value is -2.43. The second-order valence-corrected chi connectivity index (χ2v) is 5.33. The summed E-state index contributed by atoms with van der Waals surface area (Å²) >= 11 is 0. The number of amides is 1. The van der Waals surface area contributed by atoms with Crippen LogP contribution in [0.5, 0.6) is 0 Å². The summed E-state index contributed by atoms with van der Waals surface area (Å²) < 4.78 is 1.62. The van der Waals surface area contributed by atoms with E-state index in [1.54, 1.807) is 25.6 Å². The van der Waals surface area contributed by atoms with Crippen molar-refractivity contribution in [3.05, 3.63) is 46.8 Å². The number of likely N-dealkylation sites (N-methyl/N-ethyl adjacent to an activating group) is 1. The lowest BCUT2D eigenvalue weighted by atomic mass is 10.1. The van der Waals surface area contributed by atoms with Crippen LogP contribution in [0, 0.1) is 20.8 Å². The first-order valence-corrected chi connectivity index (χ1v) is 7.30. The summed E-state index contributed by atoms with van der Waals surface area (Å²) in [5.74, 6) is -1.02. The van der Waals surface area contributed by atoms with Crippen LogP contribution < -0.4 is 4.90 Å². The quantitative estimate of drug-likeness (QED) is 0.644. The Morgan fingerprint density at radius 1 is 1.18 bits per heavy atom. The number of ketones is 1. The molecule has 5 heteroatoms. The van der Waals surface area contributed by atoms with Crippen molar-refractivity contribution in [2.75, 3.05) is 11.4 Å². The predicted octanol–water partition coefficient (Wildman–Crippen LogP) is 2.58. The zero-order chi connectivity index (χ0) is 16.4. The van der Waals surface area contributed by atoms with Crippen molar-refractivity contribution in [3.8, 4) is 0 Å². The molecule has 0 aliphatic carbocycles. The molecule has 0 spiro atoms. The molecular formula is C17H21N3O2. The van der Waals surface area contributed by atoms with Crippen molar-refractivity contribution < 1.29 is 9.59 Å². The first-order chi connectivity index (χ1) is 10.4. The fourth-order valence-electron chi connectivity index (χ4n) is 2.62. The van der Waals surface area contributed by atoms with Gasteiger partial charge < -0.3 is 4.90 Å². The van der Waals surface area contributed by atoms with E-state index in [4.69, 9.17) is 0 Å². The zero-order valence-corrected chi connectivity index (χ0v) is 13.7. The van der Waals surface area contributed by atoms with Gasteiger partial charge in [-0.1, -0.05) is 18.2 Å². The summed E-state index contributed by atoms with van der Waals surface area (Å²) in [6.45, 7) is 7.77. The van der Waals surface area contributed by atoms with Gasteiger partial charge in [-0.25, -0.2) is 0 Å². The molecule has 1 aromatic heterocycles. The van der Waals surface area contributed by atoms with Crippen molar-refractivity contribution >= 4 is 17.4 Å². The van der Waals surface area contributed by atoms with E-state index in [2.05, 4.69) is 5.10 Å². The Bertz CT molecular complexity index is 732. The third-order valence-corrected chi connectivity index (χ3v) is 3.90. The van der Waals surface area contributed by atoms with Gasteiger partial charge in [-0.3, -0.25) is 14.3 Å². The molecule has 1 heterocycles. The molecule has 0 aliphatic rings. The molecule has 22 heavy (non-hydrogen) atoms. The highest BCUT2D eigenvalue weighted by Gasteiger charge is 2.28. The van der Waals surface area contributed by atoms with Gasteiger partial charge in [0.1, 0.15) is 0 Å². The van der Waals surface area contributed by atoms with E-state index >= 15 is 0 Å². The van der Waals surface area contributed by atoms with Gasteiger partial charge in [-0.05, 0) is 39.3 Å². The summed E-state index contributed by atoms with van der Waals surface area (Å²) in [5, 5.41) is 4.21. The third-order valence-electron chi connectivity index (χ3n) is 3.90. The molecule has 0 aliphatic heterocycles. The maximum atomic E-state index is 12.7. The van der Waals surface area contributed by atoms with E-state index in [0.29, 0.717) is 23.5 Å². The van der Waals surface area contributed by atoms with Crippen LogP contribution >= 0.6 is 0 Å². The number of carbonyl (C=O) groups is 2. The number of benzene rings is 1. The van der Waals surface area contributed by atoms with Crippen LogP contribution in [0.3, 0.4) is 0 Å². The lowest BCUT2D eigenvalue weighted by Gasteiger charge is -2.22. The highest BCUT2D eigenvalue weighted by atomic mass is 16.2. The van der Waals surface area contributed by atoms with Crippen LogP contribution in [0.15, 0.2) is 24.3 Å². The first kappa shape index (κ1) is 15.9. The van der Waals surface area contributed by atoms with Crippen LogP contribution in [-0.4, -0.2) is 28.0 Å². The van der Waals surface area contributed by atoms with Gasteiger partial charge in [0.25, 0.3) is 11.7 Å².